The first-order chi connectivity index (χ1) is 8.24. The number of rotatable bonds is 6. The highest BCUT2D eigenvalue weighted by Crippen LogP contribution is 2.23. The Morgan fingerprint density at radius 1 is 1.24 bits per heavy atom. The van der Waals surface area contributed by atoms with E-state index in [0.29, 0.717) is 13.2 Å². The number of ether oxygens (including phenoxy) is 1. The monoisotopic (exact) mass is 241 g/mol. The van der Waals surface area contributed by atoms with Crippen molar-refractivity contribution in [3.8, 4) is 0 Å². The molecule has 1 saturated carbocycles. The highest BCUT2D eigenvalue weighted by molar-refractivity contribution is 5.79. The minimum atomic E-state index is -0.226. The van der Waals surface area contributed by atoms with Crippen LogP contribution < -0.4 is 5.32 Å². The van der Waals surface area contributed by atoms with Crippen molar-refractivity contribution in [3.05, 3.63) is 0 Å². The van der Waals surface area contributed by atoms with Crippen molar-refractivity contribution in [1.29, 1.82) is 0 Å². The second-order valence-corrected chi connectivity index (χ2v) is 4.60. The van der Waals surface area contributed by atoms with Gasteiger partial charge in [0.2, 0.25) is 5.91 Å². The molecule has 0 unspecified atom stereocenters. The molecule has 1 aliphatic carbocycles. The lowest BCUT2D eigenvalue weighted by molar-refractivity contribution is -0.143. The summed E-state index contributed by atoms with van der Waals surface area (Å²) in [6.07, 6.45) is 6.64. The first-order valence-electron chi connectivity index (χ1n) is 6.67. The Labute approximate surface area is 103 Å². The van der Waals surface area contributed by atoms with E-state index in [0.717, 1.165) is 32.1 Å². The molecule has 0 aromatic carbocycles. The number of hydrogen-bond acceptors (Lipinski definition) is 3. The van der Waals surface area contributed by atoms with Crippen LogP contribution in [0.15, 0.2) is 0 Å². The molecule has 1 N–H and O–H groups in total. The average molecular weight is 241 g/mol. The van der Waals surface area contributed by atoms with Crippen molar-refractivity contribution >= 4 is 11.9 Å². The van der Waals surface area contributed by atoms with Gasteiger partial charge in [-0.25, -0.2) is 0 Å². The van der Waals surface area contributed by atoms with Gasteiger partial charge in [-0.05, 0) is 19.3 Å². The van der Waals surface area contributed by atoms with Gasteiger partial charge in [0.15, 0.2) is 0 Å². The molecule has 0 saturated heterocycles. The fourth-order valence-corrected chi connectivity index (χ4v) is 2.08. The van der Waals surface area contributed by atoms with Gasteiger partial charge in [-0.1, -0.05) is 26.2 Å². The van der Waals surface area contributed by atoms with E-state index in [-0.39, 0.29) is 24.2 Å². The second-order valence-electron chi connectivity index (χ2n) is 4.60. The van der Waals surface area contributed by atoms with Crippen LogP contribution in [-0.4, -0.2) is 25.0 Å². The summed E-state index contributed by atoms with van der Waals surface area (Å²) in [5.74, 6) is 0.0409. The van der Waals surface area contributed by atoms with Gasteiger partial charge in [0, 0.05) is 12.5 Å². The summed E-state index contributed by atoms with van der Waals surface area (Å²) in [6.45, 7) is 2.82. The molecule has 1 aliphatic rings. The van der Waals surface area contributed by atoms with Gasteiger partial charge < -0.3 is 10.1 Å². The van der Waals surface area contributed by atoms with Crippen LogP contribution in [0.4, 0.5) is 0 Å². The third-order valence-electron chi connectivity index (χ3n) is 3.07. The Morgan fingerprint density at radius 2 is 1.94 bits per heavy atom. The first kappa shape index (κ1) is 14.0. The zero-order valence-corrected chi connectivity index (χ0v) is 10.7. The third kappa shape index (κ3) is 5.71. The average Bonchev–Trinajstić information content (AvgIpc) is 2.37. The number of nitrogens with one attached hydrogen (secondary N) is 1. The van der Waals surface area contributed by atoms with Crippen LogP contribution in [0, 0.1) is 5.92 Å². The summed E-state index contributed by atoms with van der Waals surface area (Å²) in [7, 11) is 0. The van der Waals surface area contributed by atoms with Gasteiger partial charge in [0.1, 0.15) is 0 Å². The summed E-state index contributed by atoms with van der Waals surface area (Å²) in [5.41, 5.74) is 0. The van der Waals surface area contributed by atoms with E-state index in [4.69, 9.17) is 4.74 Å². The largest absolute Gasteiger partial charge is 0.466 e. The summed E-state index contributed by atoms with van der Waals surface area (Å²) in [6, 6.07) is 0. The van der Waals surface area contributed by atoms with Crippen LogP contribution in [0.2, 0.25) is 0 Å². The van der Waals surface area contributed by atoms with Crippen molar-refractivity contribution in [2.45, 2.75) is 51.9 Å². The zero-order valence-electron chi connectivity index (χ0n) is 10.7. The standard InChI is InChI=1S/C13H23NO3/c1-2-10-17-12(15)8-9-14-13(16)11-6-4-3-5-7-11/h11H,2-10H2,1H3,(H,14,16). The summed E-state index contributed by atoms with van der Waals surface area (Å²) in [5, 5.41) is 2.82. The summed E-state index contributed by atoms with van der Waals surface area (Å²) >= 11 is 0. The fraction of sp³-hybridized carbons (Fsp3) is 0.846. The highest BCUT2D eigenvalue weighted by Gasteiger charge is 2.20. The van der Waals surface area contributed by atoms with Crippen molar-refractivity contribution in [1.82, 2.24) is 5.32 Å². The lowest BCUT2D eigenvalue weighted by Gasteiger charge is -2.20. The van der Waals surface area contributed by atoms with Gasteiger partial charge in [0.05, 0.1) is 13.0 Å². The van der Waals surface area contributed by atoms with E-state index >= 15 is 0 Å². The maximum absolute atomic E-state index is 11.7. The smallest absolute Gasteiger partial charge is 0.307 e. The maximum Gasteiger partial charge on any atom is 0.307 e. The molecule has 0 aliphatic heterocycles. The highest BCUT2D eigenvalue weighted by atomic mass is 16.5. The molecule has 4 nitrogen and oxygen atoms in total. The van der Waals surface area contributed by atoms with E-state index in [9.17, 15) is 9.59 Å². The Hall–Kier alpha value is -1.06. The maximum atomic E-state index is 11.7. The van der Waals surface area contributed by atoms with E-state index in [1.54, 1.807) is 0 Å². The van der Waals surface area contributed by atoms with Gasteiger partial charge in [-0.15, -0.1) is 0 Å². The minimum absolute atomic E-state index is 0.105. The van der Waals surface area contributed by atoms with E-state index < -0.39 is 0 Å². The van der Waals surface area contributed by atoms with Crippen LogP contribution in [0.25, 0.3) is 0 Å². The molecular weight excluding hydrogens is 218 g/mol. The SMILES string of the molecule is CCCOC(=O)CCNC(=O)C1CCCCC1. The number of carbonyl (C=O) groups excluding carboxylic acids is 2. The van der Waals surface area contributed by atoms with E-state index in [1.165, 1.54) is 6.42 Å². The summed E-state index contributed by atoms with van der Waals surface area (Å²) < 4.78 is 4.93. The topological polar surface area (TPSA) is 55.4 Å². The molecule has 1 amide bonds. The summed E-state index contributed by atoms with van der Waals surface area (Å²) in [4.78, 5) is 22.9. The predicted molar refractivity (Wildman–Crippen MR) is 65.5 cm³/mol. The van der Waals surface area contributed by atoms with E-state index in [1.807, 2.05) is 6.92 Å². The third-order valence-corrected chi connectivity index (χ3v) is 3.07. The Kier molecular flexibility index (Phi) is 6.67. The molecular formula is C13H23NO3. The van der Waals surface area contributed by atoms with Crippen molar-refractivity contribution in [2.75, 3.05) is 13.2 Å². The molecule has 17 heavy (non-hydrogen) atoms. The van der Waals surface area contributed by atoms with Crippen molar-refractivity contribution in [2.24, 2.45) is 5.92 Å². The van der Waals surface area contributed by atoms with Gasteiger partial charge >= 0.3 is 5.97 Å². The van der Waals surface area contributed by atoms with Gasteiger partial charge in [-0.3, -0.25) is 9.59 Å². The zero-order chi connectivity index (χ0) is 12.5. The van der Waals surface area contributed by atoms with E-state index in [2.05, 4.69) is 5.32 Å². The lowest BCUT2D eigenvalue weighted by atomic mass is 9.89. The second kappa shape index (κ2) is 8.09. The van der Waals surface area contributed by atoms with Crippen LogP contribution in [0.3, 0.4) is 0 Å². The molecule has 0 bridgehead atoms. The number of hydrogen-bond donors (Lipinski definition) is 1. The molecule has 98 valence electrons. The Balaban J connectivity index is 2.08. The van der Waals surface area contributed by atoms with Crippen molar-refractivity contribution < 1.29 is 14.3 Å². The number of amides is 1. The molecule has 0 aromatic heterocycles. The molecule has 0 spiro atoms. The molecule has 1 rings (SSSR count). The van der Waals surface area contributed by atoms with Gasteiger partial charge in [-0.2, -0.15) is 0 Å². The molecule has 0 radical (unpaired) electrons. The van der Waals surface area contributed by atoms with Crippen molar-refractivity contribution in [3.63, 3.8) is 0 Å². The van der Waals surface area contributed by atoms with Crippen LogP contribution >= 0.6 is 0 Å². The number of esters is 1. The first-order valence-corrected chi connectivity index (χ1v) is 6.67. The van der Waals surface area contributed by atoms with Gasteiger partial charge in [0.25, 0.3) is 0 Å². The fourth-order valence-electron chi connectivity index (χ4n) is 2.08. The quantitative estimate of drug-likeness (QED) is 0.724. The normalized spacial score (nSPS) is 16.5. The van der Waals surface area contributed by atoms with Crippen LogP contribution in [0.1, 0.15) is 51.9 Å². The minimum Gasteiger partial charge on any atom is -0.466 e. The predicted octanol–water partition coefficient (Wildman–Crippen LogP) is 2.03. The molecule has 4 heteroatoms. The Morgan fingerprint density at radius 3 is 2.59 bits per heavy atom. The van der Waals surface area contributed by atoms with Crippen LogP contribution in [0.5, 0.6) is 0 Å². The Bertz CT molecular complexity index is 247. The molecule has 0 atom stereocenters. The lowest BCUT2D eigenvalue weighted by Crippen LogP contribution is -2.33. The molecule has 0 aromatic rings. The number of carbonyl (C=O) groups is 2. The van der Waals surface area contributed by atoms with Crippen LogP contribution in [-0.2, 0) is 14.3 Å². The molecule has 0 heterocycles. The molecule has 1 fully saturated rings.